The number of unbranched alkanes of at least 4 members (excludes halogenated alkanes) is 13. The summed E-state index contributed by atoms with van der Waals surface area (Å²) >= 11 is 0. The Labute approximate surface area is 164 Å². The van der Waals surface area contributed by atoms with Crippen LogP contribution in [0.25, 0.3) is 0 Å². The van der Waals surface area contributed by atoms with E-state index in [2.05, 4.69) is 20.8 Å². The summed E-state index contributed by atoms with van der Waals surface area (Å²) in [6.07, 6.45) is 22.5. The van der Waals surface area contributed by atoms with E-state index >= 15 is 0 Å². The zero-order valence-corrected chi connectivity index (χ0v) is 18.3. The zero-order valence-electron chi connectivity index (χ0n) is 18.3. The van der Waals surface area contributed by atoms with Gasteiger partial charge in [0.2, 0.25) is 0 Å². The quantitative estimate of drug-likeness (QED) is 0.219. The molecule has 0 fully saturated rings. The van der Waals surface area contributed by atoms with E-state index in [1.54, 1.807) is 0 Å². The molecule has 0 aromatic rings. The van der Waals surface area contributed by atoms with Crippen LogP contribution in [0.1, 0.15) is 143 Å². The van der Waals surface area contributed by atoms with Gasteiger partial charge in [0.25, 0.3) is 0 Å². The van der Waals surface area contributed by atoms with Gasteiger partial charge in [-0.3, -0.25) is 4.79 Å². The van der Waals surface area contributed by atoms with Crippen LogP contribution < -0.4 is 0 Å². The second-order valence-corrected chi connectivity index (χ2v) is 8.43. The lowest BCUT2D eigenvalue weighted by atomic mass is 9.74. The summed E-state index contributed by atoms with van der Waals surface area (Å²) in [5.41, 5.74) is -0.441. The number of hydrogen-bond donors (Lipinski definition) is 1. The van der Waals surface area contributed by atoms with Gasteiger partial charge in [-0.25, -0.2) is 0 Å². The van der Waals surface area contributed by atoms with Crippen LogP contribution in [0.4, 0.5) is 0 Å². The molecule has 0 amide bonds. The van der Waals surface area contributed by atoms with Crippen molar-refractivity contribution >= 4 is 5.97 Å². The molecule has 0 aliphatic carbocycles. The normalized spacial score (nSPS) is 11.8. The maximum Gasteiger partial charge on any atom is 0.309 e. The summed E-state index contributed by atoms with van der Waals surface area (Å²) in [5, 5.41) is 10.0. The van der Waals surface area contributed by atoms with Crippen molar-refractivity contribution in [2.45, 2.75) is 143 Å². The minimum absolute atomic E-state index is 0.441. The van der Waals surface area contributed by atoms with Crippen LogP contribution in [-0.4, -0.2) is 11.1 Å². The third kappa shape index (κ3) is 12.8. The van der Waals surface area contributed by atoms with Crippen LogP contribution >= 0.6 is 0 Å². The molecule has 0 bridgehead atoms. The Kier molecular flexibility index (Phi) is 17.5. The summed E-state index contributed by atoms with van der Waals surface area (Å²) in [6, 6.07) is 0. The van der Waals surface area contributed by atoms with Crippen molar-refractivity contribution in [1.82, 2.24) is 0 Å². The Balaban J connectivity index is 4.35. The number of rotatable bonds is 20. The van der Waals surface area contributed by atoms with Gasteiger partial charge in [-0.15, -0.1) is 0 Å². The zero-order chi connectivity index (χ0) is 19.5. The van der Waals surface area contributed by atoms with Gasteiger partial charge in [0, 0.05) is 0 Å². The van der Waals surface area contributed by atoms with E-state index in [1.165, 1.54) is 83.5 Å². The van der Waals surface area contributed by atoms with Gasteiger partial charge in [-0.2, -0.15) is 0 Å². The fourth-order valence-corrected chi connectivity index (χ4v) is 4.07. The third-order valence-electron chi connectivity index (χ3n) is 5.98. The van der Waals surface area contributed by atoms with Gasteiger partial charge >= 0.3 is 5.97 Å². The molecule has 0 radical (unpaired) electrons. The van der Waals surface area contributed by atoms with Crippen molar-refractivity contribution in [3.8, 4) is 0 Å². The average molecular weight is 369 g/mol. The van der Waals surface area contributed by atoms with E-state index in [4.69, 9.17) is 0 Å². The first-order valence-corrected chi connectivity index (χ1v) is 11.9. The molecule has 0 saturated carbocycles. The second kappa shape index (κ2) is 17.9. The highest BCUT2D eigenvalue weighted by Gasteiger charge is 2.36. The number of carbonyl (C=O) groups is 1. The van der Waals surface area contributed by atoms with Crippen molar-refractivity contribution in [1.29, 1.82) is 0 Å². The number of carboxylic acids is 1. The van der Waals surface area contributed by atoms with Gasteiger partial charge in [0.15, 0.2) is 0 Å². The lowest BCUT2D eigenvalue weighted by Crippen LogP contribution is -2.31. The van der Waals surface area contributed by atoms with E-state index in [9.17, 15) is 9.90 Å². The molecule has 0 aromatic heterocycles. The maximum absolute atomic E-state index is 12.2. The Morgan fingerprint density at radius 1 is 0.538 bits per heavy atom. The van der Waals surface area contributed by atoms with E-state index < -0.39 is 11.4 Å². The molecule has 0 aliphatic heterocycles. The van der Waals surface area contributed by atoms with Crippen LogP contribution in [0.15, 0.2) is 0 Å². The highest BCUT2D eigenvalue weighted by atomic mass is 16.4. The predicted molar refractivity (Wildman–Crippen MR) is 115 cm³/mol. The Bertz CT molecular complexity index is 299. The van der Waals surface area contributed by atoms with Gasteiger partial charge in [-0.1, -0.05) is 124 Å². The molecule has 0 unspecified atom stereocenters. The molecule has 2 heteroatoms. The van der Waals surface area contributed by atoms with Crippen LogP contribution in [0.2, 0.25) is 0 Å². The van der Waals surface area contributed by atoms with Gasteiger partial charge in [-0.05, 0) is 19.3 Å². The molecule has 0 rings (SSSR count). The van der Waals surface area contributed by atoms with Crippen molar-refractivity contribution in [2.75, 3.05) is 0 Å². The van der Waals surface area contributed by atoms with Crippen molar-refractivity contribution in [3.63, 3.8) is 0 Å². The van der Waals surface area contributed by atoms with Gasteiger partial charge in [0.05, 0.1) is 5.41 Å². The molecule has 2 nitrogen and oxygen atoms in total. The van der Waals surface area contributed by atoms with Crippen LogP contribution in [0.3, 0.4) is 0 Å². The SMILES string of the molecule is CCCCCCCCCCC(CCCCCC)(CCCCCC)C(=O)O. The molecule has 0 atom stereocenters. The fraction of sp³-hybridized carbons (Fsp3) is 0.958. The highest BCUT2D eigenvalue weighted by Crippen LogP contribution is 2.37. The lowest BCUT2D eigenvalue weighted by Gasteiger charge is -2.30. The number of aliphatic carboxylic acids is 1. The van der Waals surface area contributed by atoms with Crippen LogP contribution in [0.5, 0.6) is 0 Å². The van der Waals surface area contributed by atoms with Crippen molar-refractivity contribution < 1.29 is 9.90 Å². The van der Waals surface area contributed by atoms with Crippen LogP contribution in [-0.2, 0) is 4.79 Å². The van der Waals surface area contributed by atoms with E-state index in [-0.39, 0.29) is 0 Å². The Hall–Kier alpha value is -0.530. The first kappa shape index (κ1) is 25.5. The Morgan fingerprint density at radius 2 is 0.808 bits per heavy atom. The molecule has 0 aromatic carbocycles. The molecule has 26 heavy (non-hydrogen) atoms. The predicted octanol–water partition coefficient (Wildman–Crippen LogP) is 8.53. The smallest absolute Gasteiger partial charge is 0.309 e. The molecular weight excluding hydrogens is 320 g/mol. The van der Waals surface area contributed by atoms with Crippen molar-refractivity contribution in [3.05, 3.63) is 0 Å². The molecular formula is C24H48O2. The van der Waals surface area contributed by atoms with E-state index in [0.717, 1.165) is 38.5 Å². The molecule has 0 heterocycles. The molecule has 1 N–H and O–H groups in total. The monoisotopic (exact) mass is 368 g/mol. The number of carboxylic acid groups (broad SMARTS) is 1. The average Bonchev–Trinajstić information content (AvgIpc) is 2.63. The highest BCUT2D eigenvalue weighted by molar-refractivity contribution is 5.74. The maximum atomic E-state index is 12.2. The lowest BCUT2D eigenvalue weighted by molar-refractivity contribution is -0.150. The summed E-state index contributed by atoms with van der Waals surface area (Å²) in [6.45, 7) is 6.69. The molecule has 156 valence electrons. The minimum Gasteiger partial charge on any atom is -0.481 e. The number of hydrogen-bond acceptors (Lipinski definition) is 1. The minimum atomic E-state index is -0.520. The second-order valence-electron chi connectivity index (χ2n) is 8.43. The fourth-order valence-electron chi connectivity index (χ4n) is 4.07. The third-order valence-corrected chi connectivity index (χ3v) is 5.98. The first-order valence-electron chi connectivity index (χ1n) is 11.9. The summed E-state index contributed by atoms with van der Waals surface area (Å²) in [7, 11) is 0. The summed E-state index contributed by atoms with van der Waals surface area (Å²) in [5.74, 6) is -0.520. The molecule has 0 saturated heterocycles. The topological polar surface area (TPSA) is 37.3 Å². The van der Waals surface area contributed by atoms with Crippen LogP contribution in [0, 0.1) is 5.41 Å². The van der Waals surface area contributed by atoms with Gasteiger partial charge in [0.1, 0.15) is 0 Å². The Morgan fingerprint density at radius 3 is 1.12 bits per heavy atom. The van der Waals surface area contributed by atoms with Crippen molar-refractivity contribution in [2.24, 2.45) is 5.41 Å². The largest absolute Gasteiger partial charge is 0.481 e. The van der Waals surface area contributed by atoms with E-state index in [0.29, 0.717) is 0 Å². The van der Waals surface area contributed by atoms with E-state index in [1.807, 2.05) is 0 Å². The summed E-state index contributed by atoms with van der Waals surface area (Å²) in [4.78, 5) is 12.2. The first-order chi connectivity index (χ1) is 12.6. The molecule has 0 spiro atoms. The summed E-state index contributed by atoms with van der Waals surface area (Å²) < 4.78 is 0. The molecule has 0 aliphatic rings. The standard InChI is InChI=1S/C24H48O2/c1-4-7-10-13-14-15-16-19-22-24(23(25)26,20-17-11-8-5-2)21-18-12-9-6-3/h4-22H2,1-3H3,(H,25,26). The van der Waals surface area contributed by atoms with Gasteiger partial charge < -0.3 is 5.11 Å².